The van der Waals surface area contributed by atoms with E-state index in [1.807, 2.05) is 37.4 Å². The highest BCUT2D eigenvalue weighted by Gasteiger charge is 2.13. The summed E-state index contributed by atoms with van der Waals surface area (Å²) in [6.45, 7) is 4.42. The van der Waals surface area contributed by atoms with Gasteiger partial charge in [0.15, 0.2) is 0 Å². The Labute approximate surface area is 110 Å². The Morgan fingerprint density at radius 1 is 1.33 bits per heavy atom. The van der Waals surface area contributed by atoms with Crippen molar-refractivity contribution in [3.63, 3.8) is 0 Å². The molecule has 1 aromatic carbocycles. The second-order valence-electron chi connectivity index (χ2n) is 3.82. The number of anilines is 1. The molecular weight excluding hydrogens is 246 g/mol. The maximum Gasteiger partial charge on any atom is 0.260 e. The van der Waals surface area contributed by atoms with Crippen LogP contribution in [0.4, 0.5) is 5.00 Å². The zero-order valence-electron chi connectivity index (χ0n) is 10.4. The molecule has 1 amide bonds. The van der Waals surface area contributed by atoms with Crippen molar-refractivity contribution in [2.75, 3.05) is 11.9 Å². The van der Waals surface area contributed by atoms with Gasteiger partial charge in [-0.25, -0.2) is 0 Å². The van der Waals surface area contributed by atoms with E-state index < -0.39 is 0 Å². The predicted octanol–water partition coefficient (Wildman–Crippen LogP) is 3.71. The smallest absolute Gasteiger partial charge is 0.260 e. The minimum atomic E-state index is -0.135. The van der Waals surface area contributed by atoms with Crippen molar-refractivity contribution in [3.05, 3.63) is 46.8 Å². The lowest BCUT2D eigenvalue weighted by atomic mass is 10.2. The van der Waals surface area contributed by atoms with Crippen LogP contribution in [0.5, 0.6) is 5.75 Å². The number of ether oxygens (including phenoxy) is 1. The summed E-state index contributed by atoms with van der Waals surface area (Å²) >= 11 is 1.52. The van der Waals surface area contributed by atoms with E-state index in [2.05, 4.69) is 5.32 Å². The zero-order chi connectivity index (χ0) is 13.0. The second kappa shape index (κ2) is 5.69. The molecule has 4 heteroatoms. The number of hydrogen-bond acceptors (Lipinski definition) is 3. The normalized spacial score (nSPS) is 10.1. The van der Waals surface area contributed by atoms with Gasteiger partial charge < -0.3 is 10.1 Å². The van der Waals surface area contributed by atoms with Gasteiger partial charge in [0.05, 0.1) is 17.2 Å². The van der Waals surface area contributed by atoms with Crippen LogP contribution in [0, 0.1) is 6.92 Å². The Morgan fingerprint density at radius 3 is 2.78 bits per heavy atom. The van der Waals surface area contributed by atoms with Crippen molar-refractivity contribution in [3.8, 4) is 5.75 Å². The van der Waals surface area contributed by atoms with E-state index in [4.69, 9.17) is 4.74 Å². The van der Waals surface area contributed by atoms with E-state index in [1.54, 1.807) is 12.1 Å². The second-order valence-corrected chi connectivity index (χ2v) is 4.73. The van der Waals surface area contributed by atoms with Crippen molar-refractivity contribution < 1.29 is 9.53 Å². The van der Waals surface area contributed by atoms with Crippen LogP contribution in [0.2, 0.25) is 0 Å². The van der Waals surface area contributed by atoms with Crippen LogP contribution in [0.15, 0.2) is 35.7 Å². The van der Waals surface area contributed by atoms with Crippen LogP contribution >= 0.6 is 11.3 Å². The highest BCUT2D eigenvalue weighted by Crippen LogP contribution is 2.24. The zero-order valence-corrected chi connectivity index (χ0v) is 11.2. The molecule has 0 bridgehead atoms. The van der Waals surface area contributed by atoms with Gasteiger partial charge in [0, 0.05) is 0 Å². The molecule has 1 heterocycles. The molecule has 0 unspecified atom stereocenters. The fourth-order valence-corrected chi connectivity index (χ4v) is 2.42. The van der Waals surface area contributed by atoms with Crippen molar-refractivity contribution in [2.24, 2.45) is 0 Å². The number of thiophene rings is 1. The topological polar surface area (TPSA) is 38.3 Å². The van der Waals surface area contributed by atoms with Gasteiger partial charge in [0.1, 0.15) is 5.75 Å². The van der Waals surface area contributed by atoms with Crippen molar-refractivity contribution in [1.82, 2.24) is 0 Å². The molecule has 0 aliphatic rings. The average molecular weight is 261 g/mol. The molecule has 94 valence electrons. The van der Waals surface area contributed by atoms with Crippen LogP contribution in [-0.4, -0.2) is 12.5 Å². The minimum absolute atomic E-state index is 0.135. The van der Waals surface area contributed by atoms with E-state index in [-0.39, 0.29) is 5.91 Å². The first kappa shape index (κ1) is 12.6. The third-order valence-corrected chi connectivity index (χ3v) is 3.45. The van der Waals surface area contributed by atoms with Gasteiger partial charge in [-0.1, -0.05) is 12.1 Å². The third kappa shape index (κ3) is 2.71. The molecule has 0 aliphatic heterocycles. The maximum atomic E-state index is 12.2. The lowest BCUT2D eigenvalue weighted by Gasteiger charge is -2.09. The largest absolute Gasteiger partial charge is 0.493 e. The predicted molar refractivity (Wildman–Crippen MR) is 74.6 cm³/mol. The minimum Gasteiger partial charge on any atom is -0.493 e. The number of amides is 1. The maximum absolute atomic E-state index is 12.2. The first-order chi connectivity index (χ1) is 8.72. The SMILES string of the molecule is CCOc1ccccc1C(=O)Nc1sccc1C. The molecule has 0 aliphatic carbocycles. The molecule has 0 saturated heterocycles. The standard InChI is InChI=1S/C14H15NO2S/c1-3-17-12-7-5-4-6-11(12)13(16)15-14-10(2)8-9-18-14/h4-9H,3H2,1-2H3,(H,15,16). The molecule has 2 rings (SSSR count). The summed E-state index contributed by atoms with van der Waals surface area (Å²) in [6, 6.07) is 9.24. The van der Waals surface area contributed by atoms with E-state index in [9.17, 15) is 4.79 Å². The summed E-state index contributed by atoms with van der Waals surface area (Å²) < 4.78 is 5.45. The van der Waals surface area contributed by atoms with Gasteiger partial charge in [0.2, 0.25) is 0 Å². The molecule has 0 fully saturated rings. The Bertz CT molecular complexity index is 548. The number of para-hydroxylation sites is 1. The molecule has 2 aromatic rings. The lowest BCUT2D eigenvalue weighted by Crippen LogP contribution is -2.13. The molecule has 0 spiro atoms. The fraction of sp³-hybridized carbons (Fsp3) is 0.214. The molecule has 1 aromatic heterocycles. The molecule has 0 saturated carbocycles. The van der Waals surface area contributed by atoms with Crippen LogP contribution in [0.25, 0.3) is 0 Å². The third-order valence-electron chi connectivity index (χ3n) is 2.52. The van der Waals surface area contributed by atoms with Crippen molar-refractivity contribution in [2.45, 2.75) is 13.8 Å². The molecule has 3 nitrogen and oxygen atoms in total. The number of benzene rings is 1. The van der Waals surface area contributed by atoms with Gasteiger partial charge in [-0.15, -0.1) is 11.3 Å². The number of carbonyl (C=O) groups is 1. The van der Waals surface area contributed by atoms with Crippen LogP contribution in [-0.2, 0) is 0 Å². The molecular formula is C14H15NO2S. The highest BCUT2D eigenvalue weighted by atomic mass is 32.1. The highest BCUT2D eigenvalue weighted by molar-refractivity contribution is 7.14. The summed E-state index contributed by atoms with van der Waals surface area (Å²) in [5.74, 6) is 0.483. The Hall–Kier alpha value is -1.81. The first-order valence-electron chi connectivity index (χ1n) is 5.79. The summed E-state index contributed by atoms with van der Waals surface area (Å²) in [7, 11) is 0. The Morgan fingerprint density at radius 2 is 2.11 bits per heavy atom. The van der Waals surface area contributed by atoms with Gasteiger partial charge in [-0.2, -0.15) is 0 Å². The summed E-state index contributed by atoms with van der Waals surface area (Å²) in [5, 5.41) is 5.74. The van der Waals surface area contributed by atoms with Gasteiger partial charge >= 0.3 is 0 Å². The summed E-state index contributed by atoms with van der Waals surface area (Å²) in [5.41, 5.74) is 1.63. The van der Waals surface area contributed by atoms with Crippen molar-refractivity contribution in [1.29, 1.82) is 0 Å². The lowest BCUT2D eigenvalue weighted by molar-refractivity contribution is 0.102. The number of hydrogen-bond donors (Lipinski definition) is 1. The van der Waals surface area contributed by atoms with Crippen LogP contribution < -0.4 is 10.1 Å². The average Bonchev–Trinajstić information content (AvgIpc) is 2.76. The van der Waals surface area contributed by atoms with Crippen LogP contribution in [0.3, 0.4) is 0 Å². The van der Waals surface area contributed by atoms with Gasteiger partial charge in [-0.3, -0.25) is 4.79 Å². The summed E-state index contributed by atoms with van der Waals surface area (Å²) in [6.07, 6.45) is 0. The fourth-order valence-electron chi connectivity index (χ4n) is 1.61. The van der Waals surface area contributed by atoms with Crippen molar-refractivity contribution >= 4 is 22.2 Å². The number of carbonyl (C=O) groups excluding carboxylic acids is 1. The summed E-state index contributed by atoms with van der Waals surface area (Å²) in [4.78, 5) is 12.2. The molecule has 0 atom stereocenters. The monoisotopic (exact) mass is 261 g/mol. The molecule has 18 heavy (non-hydrogen) atoms. The van der Waals surface area contributed by atoms with E-state index in [1.165, 1.54) is 11.3 Å². The molecule has 0 radical (unpaired) electrons. The first-order valence-corrected chi connectivity index (χ1v) is 6.67. The quantitative estimate of drug-likeness (QED) is 0.911. The van der Waals surface area contributed by atoms with E-state index in [0.29, 0.717) is 17.9 Å². The Balaban J connectivity index is 2.21. The number of nitrogens with one attached hydrogen (secondary N) is 1. The molecule has 1 N–H and O–H groups in total. The van der Waals surface area contributed by atoms with E-state index in [0.717, 1.165) is 10.6 Å². The Kier molecular flexibility index (Phi) is 3.99. The number of rotatable bonds is 4. The van der Waals surface area contributed by atoms with Gasteiger partial charge in [-0.05, 0) is 43.0 Å². The number of aryl methyl sites for hydroxylation is 1. The van der Waals surface area contributed by atoms with Crippen LogP contribution in [0.1, 0.15) is 22.8 Å². The van der Waals surface area contributed by atoms with E-state index >= 15 is 0 Å². The van der Waals surface area contributed by atoms with Gasteiger partial charge in [0.25, 0.3) is 5.91 Å².